The van der Waals surface area contributed by atoms with Crippen molar-refractivity contribution in [2.45, 2.75) is 32.1 Å². The summed E-state index contributed by atoms with van der Waals surface area (Å²) in [4.78, 5) is 26.0. The third-order valence-electron chi connectivity index (χ3n) is 3.09. The molecule has 4 nitrogen and oxygen atoms in total. The molecule has 0 bridgehead atoms. The number of halogens is 1. The summed E-state index contributed by atoms with van der Waals surface area (Å²) in [6.07, 6.45) is -1.12. The first-order valence-corrected chi connectivity index (χ1v) is 6.36. The molecule has 0 aromatic rings. The van der Waals surface area contributed by atoms with Gasteiger partial charge in [-0.2, -0.15) is 0 Å². The highest BCUT2D eigenvalue weighted by molar-refractivity contribution is 8.14. The van der Waals surface area contributed by atoms with E-state index in [0.717, 1.165) is 16.7 Å². The molecule has 2 heterocycles. The predicted molar refractivity (Wildman–Crippen MR) is 60.1 cm³/mol. The fourth-order valence-electron chi connectivity index (χ4n) is 2.12. The molecular formula is C10H15FN2O2S. The van der Waals surface area contributed by atoms with Crippen molar-refractivity contribution < 1.29 is 14.0 Å². The molecular weight excluding hydrogens is 231 g/mol. The first-order chi connectivity index (χ1) is 7.50. The number of hydrogen-bond acceptors (Lipinski definition) is 4. The molecule has 0 unspecified atom stereocenters. The Balaban J connectivity index is 2.10. The highest BCUT2D eigenvalue weighted by Crippen LogP contribution is 2.28. The van der Waals surface area contributed by atoms with E-state index in [-0.39, 0.29) is 22.9 Å². The molecule has 90 valence electrons. The summed E-state index contributed by atoms with van der Waals surface area (Å²) in [5.41, 5.74) is 0. The molecule has 0 spiro atoms. The molecule has 0 saturated carbocycles. The van der Waals surface area contributed by atoms with Crippen molar-refractivity contribution in [2.24, 2.45) is 0 Å². The lowest BCUT2D eigenvalue weighted by Crippen LogP contribution is -2.45. The monoisotopic (exact) mass is 246 g/mol. The standard InChI is InChI=1S/C10H15FN2O2S/c1-6(2)12-3-7(11)8(4-12)13-9(14)5-16-10(13)15/h6-8H,3-5H2,1-2H3/t7-,8+/m0/s1. The molecule has 0 aromatic heterocycles. The normalized spacial score (nSPS) is 32.1. The maximum absolute atomic E-state index is 13.8. The number of carbonyl (C=O) groups is 2. The molecule has 2 rings (SSSR count). The minimum absolute atomic E-state index is 0.156. The number of amides is 2. The van der Waals surface area contributed by atoms with E-state index in [4.69, 9.17) is 0 Å². The fraction of sp³-hybridized carbons (Fsp3) is 0.800. The largest absolute Gasteiger partial charge is 0.296 e. The lowest BCUT2D eigenvalue weighted by Gasteiger charge is -2.23. The number of thioether (sulfide) groups is 1. The van der Waals surface area contributed by atoms with Gasteiger partial charge in [0.1, 0.15) is 6.17 Å². The van der Waals surface area contributed by atoms with Crippen LogP contribution in [-0.2, 0) is 4.79 Å². The van der Waals surface area contributed by atoms with Gasteiger partial charge in [-0.25, -0.2) is 4.39 Å². The number of carbonyl (C=O) groups excluding carboxylic acids is 2. The summed E-state index contributed by atoms with van der Waals surface area (Å²) >= 11 is 0.964. The van der Waals surface area contributed by atoms with Crippen molar-refractivity contribution in [2.75, 3.05) is 18.8 Å². The molecule has 2 saturated heterocycles. The van der Waals surface area contributed by atoms with Crippen LogP contribution in [0.5, 0.6) is 0 Å². The smallest absolute Gasteiger partial charge is 0.289 e. The topological polar surface area (TPSA) is 40.6 Å². The first kappa shape index (κ1) is 11.9. The third kappa shape index (κ3) is 1.96. The second-order valence-electron chi connectivity index (χ2n) is 4.45. The van der Waals surface area contributed by atoms with E-state index < -0.39 is 12.2 Å². The van der Waals surface area contributed by atoms with Gasteiger partial charge in [0.25, 0.3) is 5.24 Å². The van der Waals surface area contributed by atoms with Gasteiger partial charge in [0.05, 0.1) is 11.8 Å². The Kier molecular flexibility index (Phi) is 3.21. The van der Waals surface area contributed by atoms with E-state index in [0.29, 0.717) is 13.1 Å². The number of alkyl halides is 1. The molecule has 0 aliphatic carbocycles. The summed E-state index contributed by atoms with van der Waals surface area (Å²) in [6.45, 7) is 4.73. The van der Waals surface area contributed by atoms with E-state index in [1.807, 2.05) is 18.7 Å². The number of likely N-dealkylation sites (tertiary alicyclic amines) is 1. The van der Waals surface area contributed by atoms with Crippen LogP contribution in [0.4, 0.5) is 9.18 Å². The summed E-state index contributed by atoms with van der Waals surface area (Å²) in [7, 11) is 0. The van der Waals surface area contributed by atoms with Crippen LogP contribution in [0.15, 0.2) is 0 Å². The van der Waals surface area contributed by atoms with Crippen molar-refractivity contribution in [3.05, 3.63) is 0 Å². The van der Waals surface area contributed by atoms with E-state index in [1.165, 1.54) is 0 Å². The highest BCUT2D eigenvalue weighted by Gasteiger charge is 2.45. The van der Waals surface area contributed by atoms with Crippen LogP contribution < -0.4 is 0 Å². The van der Waals surface area contributed by atoms with Gasteiger partial charge < -0.3 is 0 Å². The number of hydrogen-bond donors (Lipinski definition) is 0. The van der Waals surface area contributed by atoms with Crippen molar-refractivity contribution in [1.82, 2.24) is 9.80 Å². The Labute approximate surface area is 98.1 Å². The van der Waals surface area contributed by atoms with Crippen LogP contribution in [0.25, 0.3) is 0 Å². The minimum Gasteiger partial charge on any atom is -0.296 e. The fourth-order valence-corrected chi connectivity index (χ4v) is 2.89. The van der Waals surface area contributed by atoms with Gasteiger partial charge in [-0.05, 0) is 13.8 Å². The van der Waals surface area contributed by atoms with Gasteiger partial charge in [0.15, 0.2) is 0 Å². The Morgan fingerprint density at radius 1 is 1.38 bits per heavy atom. The minimum atomic E-state index is -1.12. The quantitative estimate of drug-likeness (QED) is 0.732. The molecule has 2 atom stereocenters. The summed E-state index contributed by atoms with van der Waals surface area (Å²) in [5.74, 6) is -0.0998. The summed E-state index contributed by atoms with van der Waals surface area (Å²) in [5, 5.41) is -0.303. The second-order valence-corrected chi connectivity index (χ2v) is 5.38. The highest BCUT2D eigenvalue weighted by atomic mass is 32.2. The summed E-state index contributed by atoms with van der Waals surface area (Å²) < 4.78 is 13.8. The van der Waals surface area contributed by atoms with Gasteiger partial charge in [-0.15, -0.1) is 0 Å². The van der Waals surface area contributed by atoms with E-state index in [1.54, 1.807) is 0 Å². The molecule has 2 aliphatic rings. The number of imide groups is 1. The van der Waals surface area contributed by atoms with Gasteiger partial charge in [0.2, 0.25) is 5.91 Å². The maximum Gasteiger partial charge on any atom is 0.289 e. The van der Waals surface area contributed by atoms with Gasteiger partial charge >= 0.3 is 0 Å². The van der Waals surface area contributed by atoms with Crippen molar-refractivity contribution >= 4 is 22.9 Å². The van der Waals surface area contributed by atoms with Crippen LogP contribution >= 0.6 is 11.8 Å². The Morgan fingerprint density at radius 3 is 2.50 bits per heavy atom. The van der Waals surface area contributed by atoms with Crippen LogP contribution in [0.3, 0.4) is 0 Å². The zero-order valence-electron chi connectivity index (χ0n) is 9.35. The lowest BCUT2D eigenvalue weighted by molar-refractivity contribution is -0.126. The Bertz CT molecular complexity index is 308. The molecule has 2 fully saturated rings. The zero-order valence-corrected chi connectivity index (χ0v) is 10.2. The molecule has 6 heteroatoms. The maximum atomic E-state index is 13.8. The number of nitrogens with zero attached hydrogens (tertiary/aromatic N) is 2. The zero-order chi connectivity index (χ0) is 11.9. The van der Waals surface area contributed by atoms with Gasteiger partial charge in [-0.1, -0.05) is 11.8 Å². The predicted octanol–water partition coefficient (Wildman–Crippen LogP) is 1.11. The van der Waals surface area contributed by atoms with Gasteiger partial charge in [0, 0.05) is 19.1 Å². The van der Waals surface area contributed by atoms with Crippen LogP contribution in [-0.4, -0.2) is 58.0 Å². The molecule has 16 heavy (non-hydrogen) atoms. The molecule has 0 N–H and O–H groups in total. The Hall–Kier alpha value is -0.620. The van der Waals surface area contributed by atoms with Crippen LogP contribution in [0, 0.1) is 0 Å². The van der Waals surface area contributed by atoms with Crippen molar-refractivity contribution in [3.63, 3.8) is 0 Å². The molecule has 0 aromatic carbocycles. The van der Waals surface area contributed by atoms with Crippen LogP contribution in [0.2, 0.25) is 0 Å². The number of rotatable bonds is 2. The Morgan fingerprint density at radius 2 is 2.06 bits per heavy atom. The first-order valence-electron chi connectivity index (χ1n) is 5.37. The van der Waals surface area contributed by atoms with E-state index >= 15 is 0 Å². The van der Waals surface area contributed by atoms with Crippen molar-refractivity contribution in [3.8, 4) is 0 Å². The van der Waals surface area contributed by atoms with Crippen LogP contribution in [0.1, 0.15) is 13.8 Å². The SMILES string of the molecule is CC(C)N1C[C@@H](N2C(=O)CSC2=O)[C@@H](F)C1. The van der Waals surface area contributed by atoms with Crippen molar-refractivity contribution in [1.29, 1.82) is 0 Å². The molecule has 0 radical (unpaired) electrons. The second kappa shape index (κ2) is 4.33. The average molecular weight is 246 g/mol. The van der Waals surface area contributed by atoms with E-state index in [9.17, 15) is 14.0 Å². The molecule has 2 aliphatic heterocycles. The van der Waals surface area contributed by atoms with E-state index in [2.05, 4.69) is 0 Å². The third-order valence-corrected chi connectivity index (χ3v) is 3.93. The summed E-state index contributed by atoms with van der Waals surface area (Å²) in [6, 6.07) is -0.346. The van der Waals surface area contributed by atoms with Gasteiger partial charge in [-0.3, -0.25) is 19.4 Å². The molecule has 2 amide bonds. The lowest BCUT2D eigenvalue weighted by atomic mass is 10.2. The average Bonchev–Trinajstić information content (AvgIpc) is 2.71.